The molecule has 21 heavy (non-hydrogen) atoms. The third-order valence-electron chi connectivity index (χ3n) is 3.20. The second-order valence-corrected chi connectivity index (χ2v) is 5.43. The van der Waals surface area contributed by atoms with Crippen LogP contribution in [-0.4, -0.2) is 30.5 Å². The maximum atomic E-state index is 5.96. The van der Waals surface area contributed by atoms with Crippen LogP contribution >= 0.6 is 11.6 Å². The SMILES string of the molecule is CCCCCCC(C)Nc1nc(Cl)nc(-n2ccnc2)n1. The summed E-state index contributed by atoms with van der Waals surface area (Å²) in [6, 6.07) is 0.302. The molecule has 0 aliphatic heterocycles. The number of halogens is 1. The van der Waals surface area contributed by atoms with E-state index in [2.05, 4.69) is 39.1 Å². The number of hydrogen-bond donors (Lipinski definition) is 1. The lowest BCUT2D eigenvalue weighted by Gasteiger charge is -2.14. The fourth-order valence-electron chi connectivity index (χ4n) is 2.07. The predicted octanol–water partition coefficient (Wildman–Crippen LogP) is 3.48. The van der Waals surface area contributed by atoms with Crippen molar-refractivity contribution in [3.63, 3.8) is 0 Å². The van der Waals surface area contributed by atoms with Crippen molar-refractivity contribution >= 4 is 17.5 Å². The first-order valence-corrected chi connectivity index (χ1v) is 7.73. The van der Waals surface area contributed by atoms with E-state index in [0.29, 0.717) is 17.9 Å². The highest BCUT2D eigenvalue weighted by atomic mass is 35.5. The van der Waals surface area contributed by atoms with Crippen molar-refractivity contribution < 1.29 is 0 Å². The molecule has 0 saturated carbocycles. The van der Waals surface area contributed by atoms with Gasteiger partial charge in [-0.05, 0) is 24.9 Å². The second kappa shape index (κ2) is 7.93. The molecule has 7 heteroatoms. The highest BCUT2D eigenvalue weighted by Gasteiger charge is 2.09. The molecule has 1 atom stereocenters. The molecule has 0 amide bonds. The first kappa shape index (κ1) is 15.7. The Kier molecular flexibility index (Phi) is 5.92. The summed E-state index contributed by atoms with van der Waals surface area (Å²) in [6.45, 7) is 4.34. The van der Waals surface area contributed by atoms with E-state index in [1.165, 1.54) is 25.7 Å². The van der Waals surface area contributed by atoms with Crippen molar-refractivity contribution in [1.82, 2.24) is 24.5 Å². The van der Waals surface area contributed by atoms with Gasteiger partial charge in [0, 0.05) is 18.4 Å². The van der Waals surface area contributed by atoms with Gasteiger partial charge < -0.3 is 5.32 Å². The molecule has 1 N–H and O–H groups in total. The predicted molar refractivity (Wildman–Crippen MR) is 83.8 cm³/mol. The Labute approximate surface area is 130 Å². The summed E-state index contributed by atoms with van der Waals surface area (Å²) in [7, 11) is 0. The van der Waals surface area contributed by atoms with Crippen LogP contribution in [0.15, 0.2) is 18.7 Å². The Morgan fingerprint density at radius 2 is 2.10 bits per heavy atom. The van der Waals surface area contributed by atoms with Gasteiger partial charge in [0.05, 0.1) is 0 Å². The lowest BCUT2D eigenvalue weighted by molar-refractivity contribution is 0.591. The van der Waals surface area contributed by atoms with Gasteiger partial charge in [0.1, 0.15) is 6.33 Å². The monoisotopic (exact) mass is 308 g/mol. The molecule has 0 saturated heterocycles. The number of unbranched alkanes of at least 4 members (excludes halogenated alkanes) is 3. The van der Waals surface area contributed by atoms with E-state index in [4.69, 9.17) is 11.6 Å². The van der Waals surface area contributed by atoms with Crippen molar-refractivity contribution in [2.75, 3.05) is 5.32 Å². The van der Waals surface area contributed by atoms with Gasteiger partial charge in [-0.2, -0.15) is 15.0 Å². The zero-order valence-corrected chi connectivity index (χ0v) is 13.2. The van der Waals surface area contributed by atoms with Gasteiger partial charge in [-0.3, -0.25) is 4.57 Å². The van der Waals surface area contributed by atoms with Crippen LogP contribution < -0.4 is 5.32 Å². The Morgan fingerprint density at radius 1 is 1.24 bits per heavy atom. The Bertz CT molecular complexity index is 542. The molecular weight excluding hydrogens is 288 g/mol. The Hall–Kier alpha value is -1.69. The molecule has 0 radical (unpaired) electrons. The summed E-state index contributed by atoms with van der Waals surface area (Å²) in [5.74, 6) is 0.967. The van der Waals surface area contributed by atoms with Crippen LogP contribution in [0.25, 0.3) is 5.95 Å². The van der Waals surface area contributed by atoms with Crippen LogP contribution in [-0.2, 0) is 0 Å². The van der Waals surface area contributed by atoms with Crippen molar-refractivity contribution in [1.29, 1.82) is 0 Å². The molecule has 2 aromatic heterocycles. The molecule has 2 rings (SSSR count). The molecule has 2 heterocycles. The normalized spacial score (nSPS) is 12.3. The summed E-state index contributed by atoms with van der Waals surface area (Å²) in [5, 5.41) is 3.46. The largest absolute Gasteiger partial charge is 0.352 e. The summed E-state index contributed by atoms with van der Waals surface area (Å²) in [6.07, 6.45) is 11.2. The van der Waals surface area contributed by atoms with Gasteiger partial charge in [-0.15, -0.1) is 0 Å². The van der Waals surface area contributed by atoms with E-state index in [9.17, 15) is 0 Å². The minimum atomic E-state index is 0.175. The summed E-state index contributed by atoms with van der Waals surface area (Å²) < 4.78 is 1.70. The van der Waals surface area contributed by atoms with E-state index in [1.807, 2.05) is 0 Å². The maximum absolute atomic E-state index is 5.96. The van der Waals surface area contributed by atoms with Gasteiger partial charge in [0.15, 0.2) is 0 Å². The van der Waals surface area contributed by atoms with E-state index in [1.54, 1.807) is 23.3 Å². The zero-order chi connectivity index (χ0) is 15.1. The molecule has 0 aliphatic rings. The average molecular weight is 309 g/mol. The van der Waals surface area contributed by atoms with Crippen LogP contribution in [0.1, 0.15) is 46.0 Å². The number of imidazole rings is 1. The van der Waals surface area contributed by atoms with E-state index in [-0.39, 0.29) is 5.28 Å². The van der Waals surface area contributed by atoms with Crippen LogP contribution in [0.4, 0.5) is 5.95 Å². The molecule has 0 spiro atoms. The first-order valence-electron chi connectivity index (χ1n) is 7.35. The van der Waals surface area contributed by atoms with Crippen LogP contribution in [0, 0.1) is 0 Å². The topological polar surface area (TPSA) is 68.5 Å². The van der Waals surface area contributed by atoms with Gasteiger partial charge in [-0.25, -0.2) is 4.98 Å². The number of hydrogen-bond acceptors (Lipinski definition) is 5. The molecule has 114 valence electrons. The lowest BCUT2D eigenvalue weighted by atomic mass is 10.1. The average Bonchev–Trinajstić information content (AvgIpc) is 2.97. The second-order valence-electron chi connectivity index (χ2n) is 5.09. The lowest BCUT2D eigenvalue weighted by Crippen LogP contribution is -2.18. The maximum Gasteiger partial charge on any atom is 0.241 e. The third-order valence-corrected chi connectivity index (χ3v) is 3.37. The molecule has 0 fully saturated rings. The fourth-order valence-corrected chi connectivity index (χ4v) is 2.22. The minimum Gasteiger partial charge on any atom is -0.352 e. The summed E-state index contributed by atoms with van der Waals surface area (Å²) in [5.41, 5.74) is 0. The highest BCUT2D eigenvalue weighted by molar-refractivity contribution is 6.28. The number of nitrogens with zero attached hydrogens (tertiary/aromatic N) is 5. The van der Waals surface area contributed by atoms with E-state index >= 15 is 0 Å². The highest BCUT2D eigenvalue weighted by Crippen LogP contribution is 2.12. The van der Waals surface area contributed by atoms with Crippen molar-refractivity contribution in [3.05, 3.63) is 24.0 Å². The molecule has 0 aromatic carbocycles. The number of nitrogens with one attached hydrogen (secondary N) is 1. The van der Waals surface area contributed by atoms with Gasteiger partial charge in [0.25, 0.3) is 0 Å². The summed E-state index contributed by atoms with van der Waals surface area (Å²) in [4.78, 5) is 16.6. The molecular formula is C14H21ClN6. The third kappa shape index (κ3) is 4.97. The molecule has 6 nitrogen and oxygen atoms in total. The number of aromatic nitrogens is 5. The van der Waals surface area contributed by atoms with E-state index in [0.717, 1.165) is 6.42 Å². The quantitative estimate of drug-likeness (QED) is 0.756. The van der Waals surface area contributed by atoms with Gasteiger partial charge in [0.2, 0.25) is 17.2 Å². The van der Waals surface area contributed by atoms with Crippen molar-refractivity contribution in [2.45, 2.75) is 52.0 Å². The first-order chi connectivity index (χ1) is 10.2. The molecule has 1 unspecified atom stereocenters. The standard InChI is InChI=1S/C14H21ClN6/c1-3-4-5-6-7-11(2)17-13-18-12(15)19-14(20-13)21-9-8-16-10-21/h8-11H,3-7H2,1-2H3,(H,17,18,19,20). The molecule has 0 bridgehead atoms. The Balaban J connectivity index is 1.97. The number of anilines is 1. The van der Waals surface area contributed by atoms with Gasteiger partial charge in [-0.1, -0.05) is 32.6 Å². The molecule has 2 aromatic rings. The minimum absolute atomic E-state index is 0.175. The number of rotatable bonds is 8. The zero-order valence-electron chi connectivity index (χ0n) is 12.5. The fraction of sp³-hybridized carbons (Fsp3) is 0.571. The van der Waals surface area contributed by atoms with Gasteiger partial charge >= 0.3 is 0 Å². The van der Waals surface area contributed by atoms with E-state index < -0.39 is 0 Å². The Morgan fingerprint density at radius 3 is 2.81 bits per heavy atom. The van der Waals surface area contributed by atoms with Crippen LogP contribution in [0.5, 0.6) is 0 Å². The van der Waals surface area contributed by atoms with Crippen molar-refractivity contribution in [2.24, 2.45) is 0 Å². The van der Waals surface area contributed by atoms with Crippen molar-refractivity contribution in [3.8, 4) is 5.95 Å². The van der Waals surface area contributed by atoms with Crippen LogP contribution in [0.2, 0.25) is 5.28 Å². The van der Waals surface area contributed by atoms with Crippen LogP contribution in [0.3, 0.4) is 0 Å². The summed E-state index contributed by atoms with van der Waals surface area (Å²) >= 11 is 5.96. The smallest absolute Gasteiger partial charge is 0.241 e. The molecule has 0 aliphatic carbocycles.